The van der Waals surface area contributed by atoms with E-state index in [4.69, 9.17) is 11.6 Å². The van der Waals surface area contributed by atoms with E-state index in [-0.39, 0.29) is 18.7 Å². The Hall–Kier alpha value is -3.09. The molecule has 2 fully saturated rings. The molecule has 2 aromatic rings. The van der Waals surface area contributed by atoms with E-state index in [1.54, 1.807) is 23.1 Å². The number of carbonyl (C=O) groups is 2. The Balaban J connectivity index is 0.000000792. The summed E-state index contributed by atoms with van der Waals surface area (Å²) < 4.78 is 52.1. The maximum absolute atomic E-state index is 14.6. The fourth-order valence-corrected chi connectivity index (χ4v) is 4.47. The molecule has 0 aliphatic carbocycles. The van der Waals surface area contributed by atoms with Crippen molar-refractivity contribution in [3.8, 4) is 0 Å². The fourth-order valence-electron chi connectivity index (χ4n) is 4.31. The number of piperazine rings is 1. The molecule has 0 spiro atoms. The molecule has 2 aliphatic rings. The molecule has 8 nitrogen and oxygen atoms in total. The van der Waals surface area contributed by atoms with Crippen LogP contribution in [0.4, 0.5) is 33.7 Å². The van der Waals surface area contributed by atoms with Gasteiger partial charge in [-0.1, -0.05) is 17.7 Å². The molecule has 3 amide bonds. The summed E-state index contributed by atoms with van der Waals surface area (Å²) in [6.45, 7) is 4.27. The van der Waals surface area contributed by atoms with Crippen LogP contribution in [0.3, 0.4) is 0 Å². The Kier molecular flexibility index (Phi) is 11.8. The first-order valence-electron chi connectivity index (χ1n) is 13.2. The van der Waals surface area contributed by atoms with Crippen molar-refractivity contribution in [3.05, 3.63) is 58.4 Å². The summed E-state index contributed by atoms with van der Waals surface area (Å²) in [5.74, 6) is -1.41. The van der Waals surface area contributed by atoms with E-state index in [9.17, 15) is 27.2 Å². The first kappa shape index (κ1) is 31.4. The van der Waals surface area contributed by atoms with Gasteiger partial charge in [-0.3, -0.25) is 9.69 Å². The number of nitrogens with one attached hydrogen (secondary N) is 4. The molecule has 0 saturated carbocycles. The molecule has 0 bridgehead atoms. The van der Waals surface area contributed by atoms with Crippen LogP contribution < -0.4 is 26.2 Å². The van der Waals surface area contributed by atoms with Crippen LogP contribution in [0.5, 0.6) is 0 Å². The SMILES string of the molecule is C1CCNC1.CNC(=O)NCc1ccc(C(=O)Nc2ccc(Cl)cc2N2CCN(CCC(F)(F)F)CC2)c(F)c1. The standard InChI is InChI=1S/C23H26ClF4N5O2.C4H9N/c1-29-22(35)30-14-15-2-4-17(18(25)12-15)21(34)31-19-5-3-16(24)13-20(19)33-10-8-32(9-11-33)7-6-23(26,27)28;1-2-4-5-3-1/h2-5,12-13H,6-11,14H2,1H3,(H,31,34)(H2,29,30,35);5H,1-4H2. The molecule has 2 aromatic carbocycles. The summed E-state index contributed by atoms with van der Waals surface area (Å²) in [7, 11) is 1.46. The first-order chi connectivity index (χ1) is 19.1. The molecule has 0 aromatic heterocycles. The molecule has 0 radical (unpaired) electrons. The topological polar surface area (TPSA) is 88.7 Å². The quantitative estimate of drug-likeness (QED) is 0.356. The van der Waals surface area contributed by atoms with Gasteiger partial charge in [0.05, 0.1) is 23.4 Å². The van der Waals surface area contributed by atoms with Gasteiger partial charge in [-0.2, -0.15) is 13.2 Å². The molecule has 2 aliphatic heterocycles. The number of hydrogen-bond acceptors (Lipinski definition) is 5. The average molecular weight is 587 g/mol. The van der Waals surface area contributed by atoms with Crippen molar-refractivity contribution in [2.75, 3.05) is 63.1 Å². The third-order valence-corrected chi connectivity index (χ3v) is 6.78. The molecule has 220 valence electrons. The maximum atomic E-state index is 14.6. The number of benzene rings is 2. The highest BCUT2D eigenvalue weighted by Crippen LogP contribution is 2.31. The van der Waals surface area contributed by atoms with Crippen LogP contribution in [0, 0.1) is 5.82 Å². The van der Waals surface area contributed by atoms with Gasteiger partial charge in [0.15, 0.2) is 0 Å². The molecule has 0 unspecified atom stereocenters. The Morgan fingerprint density at radius 1 is 1.02 bits per heavy atom. The lowest BCUT2D eigenvalue weighted by Gasteiger charge is -2.37. The minimum Gasteiger partial charge on any atom is -0.367 e. The summed E-state index contributed by atoms with van der Waals surface area (Å²) in [6, 6.07) is 8.48. The van der Waals surface area contributed by atoms with Gasteiger partial charge in [-0.05, 0) is 61.8 Å². The number of carbonyl (C=O) groups excluding carboxylic acids is 2. The number of alkyl halides is 3. The Morgan fingerprint density at radius 2 is 1.73 bits per heavy atom. The third-order valence-electron chi connectivity index (χ3n) is 6.55. The number of nitrogens with zero attached hydrogens (tertiary/aromatic N) is 2. The number of anilines is 2. The van der Waals surface area contributed by atoms with E-state index in [1.165, 1.54) is 51.2 Å². The van der Waals surface area contributed by atoms with Crippen LogP contribution >= 0.6 is 11.6 Å². The molecule has 2 saturated heterocycles. The van der Waals surface area contributed by atoms with Crippen molar-refractivity contribution in [1.82, 2.24) is 20.9 Å². The lowest BCUT2D eigenvalue weighted by Crippen LogP contribution is -2.47. The number of urea groups is 1. The number of rotatable bonds is 7. The Bertz CT molecular complexity index is 1130. The van der Waals surface area contributed by atoms with E-state index in [0.717, 1.165) is 0 Å². The fraction of sp³-hybridized carbons (Fsp3) is 0.481. The lowest BCUT2D eigenvalue weighted by molar-refractivity contribution is -0.138. The number of halogens is 5. The molecule has 40 heavy (non-hydrogen) atoms. The minimum atomic E-state index is -4.20. The normalized spacial score (nSPS) is 15.7. The highest BCUT2D eigenvalue weighted by atomic mass is 35.5. The smallest absolute Gasteiger partial charge is 0.367 e. The lowest BCUT2D eigenvalue weighted by atomic mass is 10.1. The minimum absolute atomic E-state index is 0.0651. The summed E-state index contributed by atoms with van der Waals surface area (Å²) in [4.78, 5) is 27.8. The zero-order valence-electron chi connectivity index (χ0n) is 22.3. The van der Waals surface area contributed by atoms with Crippen LogP contribution in [0.2, 0.25) is 5.02 Å². The van der Waals surface area contributed by atoms with Crippen LogP contribution in [0.25, 0.3) is 0 Å². The molecule has 13 heteroatoms. The molecular formula is C27H35ClF4N6O2. The molecule has 4 N–H and O–H groups in total. The largest absolute Gasteiger partial charge is 0.390 e. The van der Waals surface area contributed by atoms with Gasteiger partial charge in [-0.25, -0.2) is 9.18 Å². The summed E-state index contributed by atoms with van der Waals surface area (Å²) in [5.41, 5.74) is 1.32. The highest BCUT2D eigenvalue weighted by molar-refractivity contribution is 6.31. The van der Waals surface area contributed by atoms with Gasteiger partial charge in [0.2, 0.25) is 0 Å². The van der Waals surface area contributed by atoms with E-state index >= 15 is 0 Å². The Morgan fingerprint density at radius 3 is 2.30 bits per heavy atom. The van der Waals surface area contributed by atoms with Crippen molar-refractivity contribution in [2.24, 2.45) is 0 Å². The third kappa shape index (κ3) is 10.1. The molecule has 4 rings (SSSR count). The zero-order valence-corrected chi connectivity index (χ0v) is 23.1. The monoisotopic (exact) mass is 586 g/mol. The summed E-state index contributed by atoms with van der Waals surface area (Å²) >= 11 is 6.15. The van der Waals surface area contributed by atoms with Crippen LogP contribution in [-0.2, 0) is 6.54 Å². The number of hydrogen-bond donors (Lipinski definition) is 4. The van der Waals surface area contributed by atoms with Crippen molar-refractivity contribution >= 4 is 34.9 Å². The average Bonchev–Trinajstić information content (AvgIpc) is 3.52. The second-order valence-electron chi connectivity index (χ2n) is 9.51. The van der Waals surface area contributed by atoms with Gasteiger partial charge in [0.25, 0.3) is 5.91 Å². The first-order valence-corrected chi connectivity index (χ1v) is 13.5. The van der Waals surface area contributed by atoms with E-state index in [0.29, 0.717) is 48.1 Å². The van der Waals surface area contributed by atoms with E-state index in [1.807, 2.05) is 4.90 Å². The molecule has 2 heterocycles. The van der Waals surface area contributed by atoms with Gasteiger partial charge >= 0.3 is 12.2 Å². The van der Waals surface area contributed by atoms with Crippen LogP contribution in [0.15, 0.2) is 36.4 Å². The van der Waals surface area contributed by atoms with Gasteiger partial charge in [0.1, 0.15) is 5.82 Å². The van der Waals surface area contributed by atoms with E-state index in [2.05, 4.69) is 21.3 Å². The second-order valence-corrected chi connectivity index (χ2v) is 9.95. The second kappa shape index (κ2) is 15.1. The van der Waals surface area contributed by atoms with E-state index < -0.39 is 30.4 Å². The maximum Gasteiger partial charge on any atom is 0.390 e. The van der Waals surface area contributed by atoms with Crippen molar-refractivity contribution in [1.29, 1.82) is 0 Å². The van der Waals surface area contributed by atoms with Gasteiger partial charge in [-0.15, -0.1) is 0 Å². The van der Waals surface area contributed by atoms with Crippen LogP contribution in [0.1, 0.15) is 35.2 Å². The van der Waals surface area contributed by atoms with Crippen LogP contribution in [-0.4, -0.2) is 75.9 Å². The molecule has 0 atom stereocenters. The van der Waals surface area contributed by atoms with Crippen molar-refractivity contribution in [2.45, 2.75) is 32.0 Å². The zero-order chi connectivity index (χ0) is 29.1. The van der Waals surface area contributed by atoms with Crippen molar-refractivity contribution in [3.63, 3.8) is 0 Å². The van der Waals surface area contributed by atoms with Crippen molar-refractivity contribution < 1.29 is 27.2 Å². The number of amides is 3. The van der Waals surface area contributed by atoms with Gasteiger partial charge < -0.3 is 26.2 Å². The summed E-state index contributed by atoms with van der Waals surface area (Å²) in [5, 5.41) is 11.3. The highest BCUT2D eigenvalue weighted by Gasteiger charge is 2.29. The predicted octanol–water partition coefficient (Wildman–Crippen LogP) is 4.60. The predicted molar refractivity (Wildman–Crippen MR) is 149 cm³/mol. The summed E-state index contributed by atoms with van der Waals surface area (Å²) in [6.07, 6.45) is -2.28. The Labute approximate surface area is 236 Å². The molecular weight excluding hydrogens is 552 g/mol. The van der Waals surface area contributed by atoms with Gasteiger partial charge in [0, 0.05) is 51.3 Å².